The van der Waals surface area contributed by atoms with Crippen LogP contribution in [0.3, 0.4) is 0 Å². The standard InChI is InChI=1S/C28H29N3O/c32-28(26-18-24-23-14-7-8-16-25(23)31-27(24)19-30-26)29-17-9-15-22(20-10-3-1-4-11-20)21-12-5-2-6-13-21/h1-8,10-14,16,22,26,30-31H,9,15,17-19H2,(H,29,32)/t26-/m0/s1. The van der Waals surface area contributed by atoms with E-state index < -0.39 is 0 Å². The molecule has 32 heavy (non-hydrogen) atoms. The number of nitrogens with one attached hydrogen (secondary N) is 3. The fourth-order valence-electron chi connectivity index (χ4n) is 4.86. The van der Waals surface area contributed by atoms with Crippen molar-refractivity contribution in [1.82, 2.24) is 15.6 Å². The van der Waals surface area contributed by atoms with Crippen LogP contribution in [0.15, 0.2) is 84.9 Å². The Bertz CT molecular complexity index is 1140. The first-order valence-corrected chi connectivity index (χ1v) is 11.5. The molecular weight excluding hydrogens is 394 g/mol. The Balaban J connectivity index is 1.18. The average Bonchev–Trinajstić information content (AvgIpc) is 3.23. The van der Waals surface area contributed by atoms with Gasteiger partial charge in [0.2, 0.25) is 5.91 Å². The molecule has 0 saturated heterocycles. The van der Waals surface area contributed by atoms with Gasteiger partial charge in [0.25, 0.3) is 0 Å². The van der Waals surface area contributed by atoms with Crippen LogP contribution in [0.2, 0.25) is 0 Å². The van der Waals surface area contributed by atoms with Crippen LogP contribution in [0.4, 0.5) is 0 Å². The Kier molecular flexibility index (Phi) is 6.04. The second-order valence-electron chi connectivity index (χ2n) is 8.57. The molecule has 1 aliphatic rings. The first-order valence-electron chi connectivity index (χ1n) is 11.5. The molecule has 0 fully saturated rings. The summed E-state index contributed by atoms with van der Waals surface area (Å²) in [5.74, 6) is 0.438. The van der Waals surface area contributed by atoms with Gasteiger partial charge in [-0.2, -0.15) is 0 Å². The topological polar surface area (TPSA) is 56.9 Å². The highest BCUT2D eigenvalue weighted by Gasteiger charge is 2.26. The molecule has 4 heteroatoms. The van der Waals surface area contributed by atoms with E-state index in [1.165, 1.54) is 27.8 Å². The zero-order chi connectivity index (χ0) is 21.8. The quantitative estimate of drug-likeness (QED) is 0.370. The lowest BCUT2D eigenvalue weighted by Crippen LogP contribution is -2.47. The predicted molar refractivity (Wildman–Crippen MR) is 130 cm³/mol. The van der Waals surface area contributed by atoms with E-state index >= 15 is 0 Å². The molecule has 4 nitrogen and oxygen atoms in total. The summed E-state index contributed by atoms with van der Waals surface area (Å²) in [6, 6.07) is 29.4. The molecule has 0 unspecified atom stereocenters. The second-order valence-corrected chi connectivity index (χ2v) is 8.57. The zero-order valence-electron chi connectivity index (χ0n) is 18.2. The summed E-state index contributed by atoms with van der Waals surface area (Å²) in [4.78, 5) is 16.3. The van der Waals surface area contributed by atoms with Crippen LogP contribution in [-0.4, -0.2) is 23.5 Å². The van der Waals surface area contributed by atoms with Gasteiger partial charge < -0.3 is 10.3 Å². The van der Waals surface area contributed by atoms with Gasteiger partial charge in [0.15, 0.2) is 0 Å². The number of carbonyl (C=O) groups excluding carboxylic acids is 1. The molecular formula is C28H29N3O. The third-order valence-electron chi connectivity index (χ3n) is 6.52. The molecule has 4 aromatic rings. The fourth-order valence-corrected chi connectivity index (χ4v) is 4.86. The second kappa shape index (κ2) is 9.41. The van der Waals surface area contributed by atoms with E-state index in [0.717, 1.165) is 24.8 Å². The third kappa shape index (κ3) is 4.32. The van der Waals surface area contributed by atoms with Crippen LogP contribution < -0.4 is 10.6 Å². The third-order valence-corrected chi connectivity index (χ3v) is 6.52. The Morgan fingerprint density at radius 3 is 2.28 bits per heavy atom. The van der Waals surface area contributed by atoms with Crippen molar-refractivity contribution in [2.45, 2.75) is 37.8 Å². The summed E-state index contributed by atoms with van der Waals surface area (Å²) in [7, 11) is 0. The van der Waals surface area contributed by atoms with Gasteiger partial charge in [-0.05, 0) is 42.0 Å². The smallest absolute Gasteiger partial charge is 0.237 e. The highest BCUT2D eigenvalue weighted by atomic mass is 16.2. The molecule has 0 bridgehead atoms. The van der Waals surface area contributed by atoms with Crippen molar-refractivity contribution in [3.05, 3.63) is 107 Å². The maximum atomic E-state index is 12.9. The van der Waals surface area contributed by atoms with E-state index in [1.54, 1.807) is 0 Å². The first kappa shape index (κ1) is 20.5. The molecule has 5 rings (SSSR count). The number of aromatic amines is 1. The number of aromatic nitrogens is 1. The van der Waals surface area contributed by atoms with Crippen molar-refractivity contribution < 1.29 is 4.79 Å². The number of carbonyl (C=O) groups is 1. The summed E-state index contributed by atoms with van der Waals surface area (Å²) in [6.45, 7) is 1.39. The number of H-pyrrole nitrogens is 1. The Hall–Kier alpha value is -3.37. The van der Waals surface area contributed by atoms with Gasteiger partial charge >= 0.3 is 0 Å². The first-order chi connectivity index (χ1) is 15.8. The molecule has 0 saturated carbocycles. The number of hydrogen-bond acceptors (Lipinski definition) is 2. The molecule has 2 heterocycles. The van der Waals surface area contributed by atoms with Crippen LogP contribution >= 0.6 is 0 Å². The molecule has 162 valence electrons. The Morgan fingerprint density at radius 2 is 1.56 bits per heavy atom. The summed E-state index contributed by atoms with van der Waals surface area (Å²) in [6.07, 6.45) is 2.66. The van der Waals surface area contributed by atoms with Gasteiger partial charge in [-0.3, -0.25) is 10.1 Å². The molecule has 0 spiro atoms. The number of para-hydroxylation sites is 1. The van der Waals surface area contributed by atoms with Crippen LogP contribution in [0, 0.1) is 0 Å². The SMILES string of the molecule is O=C(NCCCC(c1ccccc1)c1ccccc1)[C@@H]1Cc2c([nH]c3ccccc23)CN1. The summed E-state index contributed by atoms with van der Waals surface area (Å²) < 4.78 is 0. The number of fused-ring (bicyclic) bond motifs is 3. The maximum absolute atomic E-state index is 12.9. The highest BCUT2D eigenvalue weighted by molar-refractivity contribution is 5.88. The van der Waals surface area contributed by atoms with Crippen molar-refractivity contribution in [2.24, 2.45) is 0 Å². The van der Waals surface area contributed by atoms with Gasteiger partial charge in [0, 0.05) is 35.6 Å². The van der Waals surface area contributed by atoms with E-state index in [2.05, 4.69) is 94.5 Å². The van der Waals surface area contributed by atoms with E-state index in [4.69, 9.17) is 0 Å². The minimum atomic E-state index is -0.180. The van der Waals surface area contributed by atoms with Crippen LogP contribution in [-0.2, 0) is 17.8 Å². The van der Waals surface area contributed by atoms with E-state index in [1.807, 2.05) is 6.07 Å². The fraction of sp³-hybridized carbons (Fsp3) is 0.250. The minimum absolute atomic E-state index is 0.0944. The average molecular weight is 424 g/mol. The van der Waals surface area contributed by atoms with Crippen LogP contribution in [0.5, 0.6) is 0 Å². The molecule has 3 N–H and O–H groups in total. The number of rotatable bonds is 7. The van der Waals surface area contributed by atoms with Crippen molar-refractivity contribution in [3.63, 3.8) is 0 Å². The predicted octanol–water partition coefficient (Wildman–Crippen LogP) is 4.91. The normalized spacial score (nSPS) is 15.6. The van der Waals surface area contributed by atoms with Crippen molar-refractivity contribution in [3.8, 4) is 0 Å². The lowest BCUT2D eigenvalue weighted by Gasteiger charge is -2.24. The molecule has 1 aromatic heterocycles. The van der Waals surface area contributed by atoms with Gasteiger partial charge in [-0.15, -0.1) is 0 Å². The van der Waals surface area contributed by atoms with Gasteiger partial charge in [-0.25, -0.2) is 0 Å². The van der Waals surface area contributed by atoms with Crippen molar-refractivity contribution >= 4 is 16.8 Å². The molecule has 1 atom stereocenters. The number of benzene rings is 3. The Labute approximate surface area is 189 Å². The Morgan fingerprint density at radius 1 is 0.906 bits per heavy atom. The zero-order valence-corrected chi connectivity index (χ0v) is 18.2. The minimum Gasteiger partial charge on any atom is -0.357 e. The molecule has 0 radical (unpaired) electrons. The molecule has 1 aliphatic heterocycles. The van der Waals surface area contributed by atoms with Crippen molar-refractivity contribution in [2.75, 3.05) is 6.54 Å². The molecule has 1 amide bonds. The van der Waals surface area contributed by atoms with Gasteiger partial charge in [0.05, 0.1) is 6.04 Å². The van der Waals surface area contributed by atoms with E-state index in [-0.39, 0.29) is 11.9 Å². The highest BCUT2D eigenvalue weighted by Crippen LogP contribution is 2.29. The van der Waals surface area contributed by atoms with Crippen molar-refractivity contribution in [1.29, 1.82) is 0 Å². The number of amides is 1. The lowest BCUT2D eigenvalue weighted by atomic mass is 9.87. The molecule has 3 aromatic carbocycles. The van der Waals surface area contributed by atoms with Gasteiger partial charge in [0.1, 0.15) is 0 Å². The maximum Gasteiger partial charge on any atom is 0.237 e. The van der Waals surface area contributed by atoms with Crippen LogP contribution in [0.25, 0.3) is 10.9 Å². The molecule has 0 aliphatic carbocycles. The van der Waals surface area contributed by atoms with Crippen LogP contribution in [0.1, 0.15) is 41.1 Å². The van der Waals surface area contributed by atoms with E-state index in [9.17, 15) is 4.79 Å². The van der Waals surface area contributed by atoms with Gasteiger partial charge in [-0.1, -0.05) is 78.9 Å². The number of hydrogen-bond donors (Lipinski definition) is 3. The summed E-state index contributed by atoms with van der Waals surface area (Å²) in [5.41, 5.74) is 6.27. The monoisotopic (exact) mass is 423 g/mol. The summed E-state index contributed by atoms with van der Waals surface area (Å²) >= 11 is 0. The lowest BCUT2D eigenvalue weighted by molar-refractivity contribution is -0.123. The largest absolute Gasteiger partial charge is 0.357 e. The summed E-state index contributed by atoms with van der Waals surface area (Å²) in [5, 5.41) is 7.80. The van der Waals surface area contributed by atoms with E-state index in [0.29, 0.717) is 19.0 Å².